The van der Waals surface area contributed by atoms with Gasteiger partial charge in [0.05, 0.1) is 12.4 Å². The lowest BCUT2D eigenvalue weighted by molar-refractivity contribution is 0.302. The maximum Gasteiger partial charge on any atom is 0.266 e. The van der Waals surface area contributed by atoms with Crippen molar-refractivity contribution in [3.8, 4) is 5.75 Å². The van der Waals surface area contributed by atoms with Crippen molar-refractivity contribution in [3.05, 3.63) is 46.9 Å². The van der Waals surface area contributed by atoms with Crippen LogP contribution in [0.4, 0.5) is 4.39 Å². The zero-order valence-corrected chi connectivity index (χ0v) is 11.9. The van der Waals surface area contributed by atoms with Crippen LogP contribution in [0.5, 0.6) is 5.75 Å². The normalized spacial score (nSPS) is 10.6. The maximum atomic E-state index is 13.2. The lowest BCUT2D eigenvalue weighted by atomic mass is 10.3. The van der Waals surface area contributed by atoms with Crippen LogP contribution in [0.15, 0.2) is 34.9 Å². The Bertz CT molecular complexity index is 568. The highest BCUT2D eigenvalue weighted by Gasteiger charge is 2.01. The monoisotopic (exact) mass is 299 g/mol. The predicted octanol–water partition coefficient (Wildman–Crippen LogP) is 4.18. The molecule has 0 bridgehead atoms. The first-order valence-electron chi connectivity index (χ1n) is 5.88. The van der Waals surface area contributed by atoms with E-state index in [0.717, 1.165) is 23.7 Å². The smallest absolute Gasteiger partial charge is 0.266 e. The lowest BCUT2D eigenvalue weighted by Gasteiger charge is -2.06. The summed E-state index contributed by atoms with van der Waals surface area (Å²) in [7, 11) is 0. The molecular weight excluding hydrogens is 285 g/mol. The van der Waals surface area contributed by atoms with Gasteiger partial charge in [-0.05, 0) is 36.5 Å². The largest absolute Gasteiger partial charge is 0.490 e. The van der Waals surface area contributed by atoms with Crippen molar-refractivity contribution in [3.63, 3.8) is 0 Å². The van der Waals surface area contributed by atoms with Crippen LogP contribution in [0.1, 0.15) is 12.2 Å². The van der Waals surface area contributed by atoms with Crippen molar-refractivity contribution in [2.75, 3.05) is 12.4 Å². The van der Waals surface area contributed by atoms with Gasteiger partial charge >= 0.3 is 0 Å². The third-order valence-corrected chi connectivity index (χ3v) is 3.61. The SMILES string of the molecule is Fc1ccccc1OCCCSCc1c[nH]c(=S)o1. The van der Waals surface area contributed by atoms with Crippen LogP contribution in [-0.2, 0) is 5.75 Å². The van der Waals surface area contributed by atoms with Crippen LogP contribution < -0.4 is 4.74 Å². The first-order chi connectivity index (χ1) is 9.25. The molecule has 19 heavy (non-hydrogen) atoms. The first kappa shape index (κ1) is 14.1. The molecule has 102 valence electrons. The molecule has 1 heterocycles. The van der Waals surface area contributed by atoms with Gasteiger partial charge in [-0.3, -0.25) is 0 Å². The number of thioether (sulfide) groups is 1. The fourth-order valence-electron chi connectivity index (χ4n) is 1.47. The Balaban J connectivity index is 1.60. The molecule has 1 aromatic heterocycles. The summed E-state index contributed by atoms with van der Waals surface area (Å²) in [5.74, 6) is 2.52. The summed E-state index contributed by atoms with van der Waals surface area (Å²) in [4.78, 5) is 3.22. The van der Waals surface area contributed by atoms with Crippen molar-refractivity contribution < 1.29 is 13.5 Å². The minimum Gasteiger partial charge on any atom is -0.490 e. The van der Waals surface area contributed by atoms with Gasteiger partial charge in [0.15, 0.2) is 11.6 Å². The summed E-state index contributed by atoms with van der Waals surface area (Å²) in [6.45, 7) is 0.504. The number of benzene rings is 1. The summed E-state index contributed by atoms with van der Waals surface area (Å²) in [6.07, 6.45) is 2.62. The van der Waals surface area contributed by atoms with Crippen LogP contribution in [-0.4, -0.2) is 17.3 Å². The number of hydrogen-bond donors (Lipinski definition) is 1. The second-order valence-electron chi connectivity index (χ2n) is 3.83. The van der Waals surface area contributed by atoms with Gasteiger partial charge in [-0.2, -0.15) is 11.8 Å². The van der Waals surface area contributed by atoms with Crippen molar-refractivity contribution in [2.45, 2.75) is 12.2 Å². The van der Waals surface area contributed by atoms with Gasteiger partial charge in [-0.15, -0.1) is 0 Å². The molecule has 1 aromatic carbocycles. The van der Waals surface area contributed by atoms with E-state index in [1.165, 1.54) is 6.07 Å². The lowest BCUT2D eigenvalue weighted by Crippen LogP contribution is -2.00. The van der Waals surface area contributed by atoms with Crippen LogP contribution in [0.25, 0.3) is 0 Å². The highest BCUT2D eigenvalue weighted by molar-refractivity contribution is 7.98. The van der Waals surface area contributed by atoms with Gasteiger partial charge in [0, 0.05) is 6.20 Å². The van der Waals surface area contributed by atoms with Crippen LogP contribution in [0.3, 0.4) is 0 Å². The summed E-state index contributed by atoms with van der Waals surface area (Å²) in [5, 5.41) is 0. The van der Waals surface area contributed by atoms with Crippen LogP contribution in [0, 0.1) is 10.7 Å². The van der Waals surface area contributed by atoms with Gasteiger partial charge in [-0.25, -0.2) is 4.39 Å². The van der Waals surface area contributed by atoms with Crippen molar-refractivity contribution in [2.24, 2.45) is 0 Å². The third-order valence-electron chi connectivity index (χ3n) is 2.35. The molecule has 1 N–H and O–H groups in total. The molecular formula is C13H14FNO2S2. The summed E-state index contributed by atoms with van der Waals surface area (Å²) < 4.78 is 23.8. The van der Waals surface area contributed by atoms with Crippen LogP contribution >= 0.6 is 24.0 Å². The first-order valence-corrected chi connectivity index (χ1v) is 7.44. The zero-order valence-electron chi connectivity index (χ0n) is 10.2. The van der Waals surface area contributed by atoms with E-state index in [9.17, 15) is 4.39 Å². The topological polar surface area (TPSA) is 38.2 Å². The Morgan fingerprint density at radius 1 is 1.37 bits per heavy atom. The molecule has 6 heteroatoms. The van der Waals surface area contributed by atoms with E-state index in [1.807, 2.05) is 0 Å². The Morgan fingerprint density at radius 2 is 2.21 bits per heavy atom. The Labute approximate surface area is 120 Å². The average Bonchev–Trinajstić information content (AvgIpc) is 2.81. The standard InChI is InChI=1S/C13H14FNO2S2/c14-11-4-1-2-5-12(11)16-6-3-7-19-9-10-8-15-13(18)17-10/h1-2,4-5,8H,3,6-7,9H2,(H,15,18). The quantitative estimate of drug-likeness (QED) is 0.615. The molecule has 0 saturated heterocycles. The highest BCUT2D eigenvalue weighted by atomic mass is 32.2. The van der Waals surface area contributed by atoms with Crippen molar-refractivity contribution >= 4 is 24.0 Å². The van der Waals surface area contributed by atoms with Gasteiger partial charge in [-0.1, -0.05) is 12.1 Å². The van der Waals surface area contributed by atoms with E-state index in [2.05, 4.69) is 4.98 Å². The molecule has 2 aromatic rings. The van der Waals surface area contributed by atoms with Gasteiger partial charge in [0.1, 0.15) is 5.76 Å². The van der Waals surface area contributed by atoms with Gasteiger partial charge < -0.3 is 14.1 Å². The molecule has 0 aliphatic carbocycles. The Kier molecular flexibility index (Phi) is 5.47. The third kappa shape index (κ3) is 4.72. The number of aromatic nitrogens is 1. The molecule has 0 spiro atoms. The van der Waals surface area contributed by atoms with E-state index in [0.29, 0.717) is 17.2 Å². The molecule has 0 aliphatic rings. The number of hydrogen-bond acceptors (Lipinski definition) is 4. The number of H-pyrrole nitrogens is 1. The van der Waals surface area contributed by atoms with E-state index >= 15 is 0 Å². The average molecular weight is 299 g/mol. The summed E-state index contributed by atoms with van der Waals surface area (Å²) in [6, 6.07) is 6.43. The van der Waals surface area contributed by atoms with E-state index in [-0.39, 0.29) is 5.82 Å². The number of nitrogens with one attached hydrogen (secondary N) is 1. The second-order valence-corrected chi connectivity index (χ2v) is 5.31. The molecule has 0 aliphatic heterocycles. The minimum absolute atomic E-state index is 0.309. The molecule has 3 nitrogen and oxygen atoms in total. The summed E-state index contributed by atoms with van der Waals surface area (Å²) in [5.41, 5.74) is 0. The van der Waals surface area contributed by atoms with Gasteiger partial charge in [0.25, 0.3) is 4.84 Å². The van der Waals surface area contributed by atoms with Crippen molar-refractivity contribution in [1.29, 1.82) is 0 Å². The van der Waals surface area contributed by atoms with E-state index in [4.69, 9.17) is 21.4 Å². The number of ether oxygens (including phenoxy) is 1. The predicted molar refractivity (Wildman–Crippen MR) is 76.6 cm³/mol. The molecule has 2 rings (SSSR count). The Hall–Kier alpha value is -1.27. The van der Waals surface area contributed by atoms with Gasteiger partial charge in [0.2, 0.25) is 0 Å². The number of rotatable bonds is 7. The fraction of sp³-hybridized carbons (Fsp3) is 0.308. The molecule has 0 saturated carbocycles. The molecule has 0 amide bonds. The number of para-hydroxylation sites is 1. The minimum atomic E-state index is -0.320. The highest BCUT2D eigenvalue weighted by Crippen LogP contribution is 2.16. The Morgan fingerprint density at radius 3 is 2.95 bits per heavy atom. The number of halogens is 1. The second kappa shape index (κ2) is 7.35. The summed E-state index contributed by atoms with van der Waals surface area (Å²) >= 11 is 6.56. The molecule has 0 unspecified atom stereocenters. The zero-order chi connectivity index (χ0) is 13.5. The molecule has 0 radical (unpaired) electrons. The fourth-order valence-corrected chi connectivity index (χ4v) is 2.44. The maximum absolute atomic E-state index is 13.2. The number of aromatic amines is 1. The van der Waals surface area contributed by atoms with Crippen LogP contribution in [0.2, 0.25) is 0 Å². The molecule has 0 atom stereocenters. The molecule has 0 fully saturated rings. The number of oxazole rings is 1. The van der Waals surface area contributed by atoms with E-state index < -0.39 is 0 Å². The van der Waals surface area contributed by atoms with Crippen molar-refractivity contribution in [1.82, 2.24) is 4.98 Å². The van der Waals surface area contributed by atoms with E-state index in [1.54, 1.807) is 36.2 Å².